The van der Waals surface area contributed by atoms with Crippen LogP contribution in [0.4, 0.5) is 4.79 Å². The summed E-state index contributed by atoms with van der Waals surface area (Å²) in [5.41, 5.74) is -0.554. The van der Waals surface area contributed by atoms with Crippen LogP contribution in [0.1, 0.15) is 47.0 Å². The molecule has 1 atom stereocenters. The number of esters is 1. The molecule has 0 aromatic heterocycles. The van der Waals surface area contributed by atoms with Crippen LogP contribution >= 0.6 is 0 Å². The zero-order valence-electron chi connectivity index (χ0n) is 15.6. The second-order valence-electron chi connectivity index (χ2n) is 6.91. The van der Waals surface area contributed by atoms with Crippen molar-refractivity contribution in [2.75, 3.05) is 32.8 Å². The summed E-state index contributed by atoms with van der Waals surface area (Å²) in [4.78, 5) is 36.6. The fourth-order valence-electron chi connectivity index (χ4n) is 2.25. The number of carbonyl (C=O) groups excluding carboxylic acids is 3. The fourth-order valence-corrected chi connectivity index (χ4v) is 2.25. The number of nitrogens with one attached hydrogen (secondary N) is 1. The van der Waals surface area contributed by atoms with Crippen molar-refractivity contribution in [1.82, 2.24) is 10.2 Å². The Bertz CT molecular complexity index is 461. The first-order valence-electron chi connectivity index (χ1n) is 8.73. The van der Waals surface area contributed by atoms with Gasteiger partial charge in [0.2, 0.25) is 5.91 Å². The molecular weight excluding hydrogens is 328 g/mol. The molecule has 0 saturated carbocycles. The molecule has 0 aliphatic carbocycles. The van der Waals surface area contributed by atoms with E-state index in [0.29, 0.717) is 39.1 Å². The maximum atomic E-state index is 12.1. The van der Waals surface area contributed by atoms with Crippen LogP contribution in [0.25, 0.3) is 0 Å². The average Bonchev–Trinajstić information content (AvgIpc) is 2.52. The van der Waals surface area contributed by atoms with Crippen molar-refractivity contribution in [2.45, 2.75) is 58.7 Å². The molecule has 8 heteroatoms. The molecule has 0 aromatic carbocycles. The molecule has 1 unspecified atom stereocenters. The second-order valence-corrected chi connectivity index (χ2v) is 6.91. The van der Waals surface area contributed by atoms with E-state index >= 15 is 0 Å². The Kier molecular flexibility index (Phi) is 8.68. The van der Waals surface area contributed by atoms with Gasteiger partial charge >= 0.3 is 12.1 Å². The van der Waals surface area contributed by atoms with E-state index in [0.717, 1.165) is 0 Å². The van der Waals surface area contributed by atoms with Crippen molar-refractivity contribution in [3.8, 4) is 0 Å². The number of nitrogens with zero attached hydrogens (tertiary/aromatic N) is 1. The van der Waals surface area contributed by atoms with Gasteiger partial charge in [-0.15, -0.1) is 0 Å². The number of carbonyl (C=O) groups is 3. The maximum absolute atomic E-state index is 12.1. The summed E-state index contributed by atoms with van der Waals surface area (Å²) in [5, 5.41) is 2.67. The number of amides is 2. The number of rotatable bonds is 7. The predicted molar refractivity (Wildman–Crippen MR) is 91.0 cm³/mol. The van der Waals surface area contributed by atoms with Gasteiger partial charge in [-0.3, -0.25) is 9.59 Å². The van der Waals surface area contributed by atoms with Crippen LogP contribution in [0.5, 0.6) is 0 Å². The Morgan fingerprint density at radius 1 is 1.24 bits per heavy atom. The SMILES string of the molecule is CCNC(=O)CCCC(=O)OCC1CN(C(=O)OC(C)(C)C)CCO1. The molecule has 25 heavy (non-hydrogen) atoms. The zero-order valence-corrected chi connectivity index (χ0v) is 15.6. The van der Waals surface area contributed by atoms with Crippen LogP contribution in [0.2, 0.25) is 0 Å². The lowest BCUT2D eigenvalue weighted by molar-refractivity contribution is -0.150. The average molecular weight is 358 g/mol. The molecule has 1 aliphatic rings. The highest BCUT2D eigenvalue weighted by Crippen LogP contribution is 2.13. The largest absolute Gasteiger partial charge is 0.463 e. The van der Waals surface area contributed by atoms with E-state index in [1.54, 1.807) is 4.90 Å². The molecule has 1 N–H and O–H groups in total. The highest BCUT2D eigenvalue weighted by atomic mass is 16.6. The first-order chi connectivity index (χ1) is 11.7. The molecule has 1 rings (SSSR count). The van der Waals surface area contributed by atoms with E-state index in [1.165, 1.54) is 0 Å². The number of morpholine rings is 1. The van der Waals surface area contributed by atoms with Crippen molar-refractivity contribution in [1.29, 1.82) is 0 Å². The van der Waals surface area contributed by atoms with Gasteiger partial charge in [-0.2, -0.15) is 0 Å². The summed E-state index contributed by atoms with van der Waals surface area (Å²) >= 11 is 0. The fraction of sp³-hybridized carbons (Fsp3) is 0.824. The minimum atomic E-state index is -0.554. The van der Waals surface area contributed by atoms with Crippen LogP contribution in [-0.4, -0.2) is 67.4 Å². The molecule has 0 spiro atoms. The molecule has 1 heterocycles. The molecule has 2 amide bonds. The van der Waals surface area contributed by atoms with Gasteiger partial charge in [-0.05, 0) is 34.1 Å². The van der Waals surface area contributed by atoms with E-state index in [1.807, 2.05) is 27.7 Å². The molecule has 1 saturated heterocycles. The summed E-state index contributed by atoms with van der Waals surface area (Å²) < 4.78 is 16.0. The Morgan fingerprint density at radius 2 is 1.96 bits per heavy atom. The lowest BCUT2D eigenvalue weighted by atomic mass is 10.2. The van der Waals surface area contributed by atoms with Crippen LogP contribution in [-0.2, 0) is 23.8 Å². The van der Waals surface area contributed by atoms with Gasteiger partial charge in [0.25, 0.3) is 0 Å². The number of hydrogen-bond acceptors (Lipinski definition) is 6. The van der Waals surface area contributed by atoms with Gasteiger partial charge in [0.05, 0.1) is 13.2 Å². The summed E-state index contributed by atoms with van der Waals surface area (Å²) in [6.45, 7) is 9.08. The predicted octanol–water partition coefficient (Wildman–Crippen LogP) is 1.47. The molecule has 144 valence electrons. The van der Waals surface area contributed by atoms with Crippen molar-refractivity contribution >= 4 is 18.0 Å². The van der Waals surface area contributed by atoms with E-state index in [2.05, 4.69) is 5.32 Å². The summed E-state index contributed by atoms with van der Waals surface area (Å²) in [6.07, 6.45) is 0.164. The quantitative estimate of drug-likeness (QED) is 0.693. The standard InChI is InChI=1S/C17H30N2O6/c1-5-18-14(20)7-6-8-15(21)24-12-13-11-19(9-10-23-13)16(22)25-17(2,3)4/h13H,5-12H2,1-4H3,(H,18,20). The molecule has 0 aromatic rings. The number of ether oxygens (including phenoxy) is 3. The van der Waals surface area contributed by atoms with Gasteiger partial charge in [-0.25, -0.2) is 4.79 Å². The third-order valence-electron chi connectivity index (χ3n) is 3.38. The Morgan fingerprint density at radius 3 is 2.60 bits per heavy atom. The topological polar surface area (TPSA) is 94.2 Å². The second kappa shape index (κ2) is 10.2. The highest BCUT2D eigenvalue weighted by Gasteiger charge is 2.28. The van der Waals surface area contributed by atoms with Crippen molar-refractivity contribution < 1.29 is 28.6 Å². The normalized spacial score (nSPS) is 17.8. The zero-order chi connectivity index (χ0) is 18.9. The molecule has 0 radical (unpaired) electrons. The lowest BCUT2D eigenvalue weighted by Gasteiger charge is -2.33. The molecule has 1 aliphatic heterocycles. The van der Waals surface area contributed by atoms with Crippen LogP contribution in [0.15, 0.2) is 0 Å². The highest BCUT2D eigenvalue weighted by molar-refractivity contribution is 5.76. The van der Waals surface area contributed by atoms with Gasteiger partial charge in [-0.1, -0.05) is 0 Å². The third kappa shape index (κ3) is 9.28. The molecular formula is C17H30N2O6. The molecule has 8 nitrogen and oxygen atoms in total. The first-order valence-corrected chi connectivity index (χ1v) is 8.73. The summed E-state index contributed by atoms with van der Waals surface area (Å²) in [6, 6.07) is 0. The summed E-state index contributed by atoms with van der Waals surface area (Å²) in [7, 11) is 0. The van der Waals surface area contributed by atoms with Gasteiger partial charge in [0, 0.05) is 25.9 Å². The first kappa shape index (κ1) is 21.2. The van der Waals surface area contributed by atoms with E-state index in [9.17, 15) is 14.4 Å². The van der Waals surface area contributed by atoms with E-state index in [-0.39, 0.29) is 31.0 Å². The maximum Gasteiger partial charge on any atom is 0.410 e. The van der Waals surface area contributed by atoms with Gasteiger partial charge < -0.3 is 24.4 Å². The van der Waals surface area contributed by atoms with Crippen molar-refractivity contribution in [2.24, 2.45) is 0 Å². The Labute approximate surface area is 149 Å². The van der Waals surface area contributed by atoms with Crippen molar-refractivity contribution in [3.05, 3.63) is 0 Å². The third-order valence-corrected chi connectivity index (χ3v) is 3.38. The molecule has 1 fully saturated rings. The van der Waals surface area contributed by atoms with Gasteiger partial charge in [0.15, 0.2) is 0 Å². The monoisotopic (exact) mass is 358 g/mol. The van der Waals surface area contributed by atoms with Gasteiger partial charge in [0.1, 0.15) is 18.3 Å². The smallest absolute Gasteiger partial charge is 0.410 e. The lowest BCUT2D eigenvalue weighted by Crippen LogP contribution is -2.49. The Hall–Kier alpha value is -1.83. The minimum absolute atomic E-state index is 0.0704. The number of hydrogen-bond donors (Lipinski definition) is 1. The van der Waals surface area contributed by atoms with Crippen LogP contribution in [0.3, 0.4) is 0 Å². The van der Waals surface area contributed by atoms with E-state index < -0.39 is 11.7 Å². The molecule has 0 bridgehead atoms. The van der Waals surface area contributed by atoms with Crippen LogP contribution in [0, 0.1) is 0 Å². The Balaban J connectivity index is 2.26. The van der Waals surface area contributed by atoms with Crippen LogP contribution < -0.4 is 5.32 Å². The van der Waals surface area contributed by atoms with Crippen molar-refractivity contribution in [3.63, 3.8) is 0 Å². The van der Waals surface area contributed by atoms with E-state index in [4.69, 9.17) is 14.2 Å². The summed E-state index contributed by atoms with van der Waals surface area (Å²) in [5.74, 6) is -0.443. The minimum Gasteiger partial charge on any atom is -0.463 e.